The summed E-state index contributed by atoms with van der Waals surface area (Å²) < 4.78 is 6.15. The third-order valence-corrected chi connectivity index (χ3v) is 9.08. The van der Waals surface area contributed by atoms with Gasteiger partial charge in [-0.3, -0.25) is 0 Å². The average Bonchev–Trinajstić information content (AvgIpc) is 2.38. The van der Waals surface area contributed by atoms with Crippen molar-refractivity contribution in [3.63, 3.8) is 0 Å². The number of hydrogen-bond donors (Lipinski definition) is 1. The number of carbonyl (C=O) groups is 1. The van der Waals surface area contributed by atoms with Gasteiger partial charge in [-0.25, -0.2) is 4.79 Å². The Bertz CT molecular complexity index is 523. The molecule has 4 nitrogen and oxygen atoms in total. The number of amides is 2. The van der Waals surface area contributed by atoms with Crippen LogP contribution in [0.3, 0.4) is 0 Å². The van der Waals surface area contributed by atoms with Crippen LogP contribution in [0.2, 0.25) is 18.1 Å². The van der Waals surface area contributed by atoms with Crippen LogP contribution in [0.15, 0.2) is 24.3 Å². The summed E-state index contributed by atoms with van der Waals surface area (Å²) in [5.74, 6) is 0. The van der Waals surface area contributed by atoms with E-state index in [2.05, 4.69) is 45.2 Å². The molecular weight excluding hydrogens is 280 g/mol. The largest absolute Gasteiger partial charge is 0.415 e. The van der Waals surface area contributed by atoms with Gasteiger partial charge in [0.25, 0.3) is 0 Å². The standard InChI is InChI=1S/C16H26N2O2Si/c1-16(2,3)21(4,5)20-11-10-18-12-13-8-6-7-9-14(13)17-15(18)19/h6-9H,10-12H2,1-5H3,(H,17,19). The van der Waals surface area contributed by atoms with Crippen LogP contribution in [-0.2, 0) is 11.0 Å². The van der Waals surface area contributed by atoms with Crippen molar-refractivity contribution in [2.24, 2.45) is 0 Å². The van der Waals surface area contributed by atoms with Crippen molar-refractivity contribution in [1.29, 1.82) is 0 Å². The minimum Gasteiger partial charge on any atom is -0.415 e. The Morgan fingerprint density at radius 2 is 1.95 bits per heavy atom. The van der Waals surface area contributed by atoms with Crippen LogP contribution in [0.4, 0.5) is 10.5 Å². The second-order valence-corrected chi connectivity index (χ2v) is 11.9. The lowest BCUT2D eigenvalue weighted by Gasteiger charge is -2.37. The first-order valence-electron chi connectivity index (χ1n) is 7.48. The number of benzene rings is 1. The number of nitrogens with one attached hydrogen (secondary N) is 1. The molecule has 1 N–H and O–H groups in total. The molecule has 0 atom stereocenters. The summed E-state index contributed by atoms with van der Waals surface area (Å²) in [6.07, 6.45) is 0. The Hall–Kier alpha value is -1.33. The van der Waals surface area contributed by atoms with E-state index < -0.39 is 8.32 Å². The molecule has 0 aromatic heterocycles. The molecule has 0 radical (unpaired) electrons. The number of carbonyl (C=O) groups excluding carboxylic acids is 1. The number of hydrogen-bond acceptors (Lipinski definition) is 2. The predicted molar refractivity (Wildman–Crippen MR) is 89.0 cm³/mol. The highest BCUT2D eigenvalue weighted by Crippen LogP contribution is 2.36. The molecule has 1 aliphatic heterocycles. The van der Waals surface area contributed by atoms with E-state index in [4.69, 9.17) is 4.43 Å². The molecule has 0 spiro atoms. The Labute approximate surface area is 128 Å². The second-order valence-electron chi connectivity index (χ2n) is 7.12. The Morgan fingerprint density at radius 1 is 1.29 bits per heavy atom. The van der Waals surface area contributed by atoms with E-state index in [1.165, 1.54) is 0 Å². The first-order chi connectivity index (χ1) is 9.71. The van der Waals surface area contributed by atoms with Gasteiger partial charge >= 0.3 is 6.03 Å². The van der Waals surface area contributed by atoms with E-state index in [1.54, 1.807) is 0 Å². The highest BCUT2D eigenvalue weighted by molar-refractivity contribution is 6.74. The molecule has 21 heavy (non-hydrogen) atoms. The highest BCUT2D eigenvalue weighted by Gasteiger charge is 2.37. The summed E-state index contributed by atoms with van der Waals surface area (Å²) in [6.45, 7) is 13.0. The zero-order chi connectivity index (χ0) is 15.7. The smallest absolute Gasteiger partial charge is 0.322 e. The maximum Gasteiger partial charge on any atom is 0.322 e. The van der Waals surface area contributed by atoms with Gasteiger partial charge in [0.15, 0.2) is 8.32 Å². The molecule has 2 rings (SSSR count). The van der Waals surface area contributed by atoms with E-state index in [0.717, 1.165) is 11.3 Å². The number of nitrogens with zero attached hydrogens (tertiary/aromatic N) is 1. The first kappa shape index (κ1) is 16.0. The summed E-state index contributed by atoms with van der Waals surface area (Å²) >= 11 is 0. The number of rotatable bonds is 4. The quantitative estimate of drug-likeness (QED) is 0.852. The average molecular weight is 306 g/mol. The molecular formula is C16H26N2O2Si. The van der Waals surface area contributed by atoms with Crippen molar-refractivity contribution >= 4 is 20.0 Å². The SMILES string of the molecule is CC(C)(C)[Si](C)(C)OCCN1Cc2ccccc2NC1=O. The summed E-state index contributed by atoms with van der Waals surface area (Å²) in [7, 11) is -1.74. The molecule has 0 saturated heterocycles. The van der Waals surface area contributed by atoms with E-state index in [-0.39, 0.29) is 11.1 Å². The maximum atomic E-state index is 12.1. The minimum absolute atomic E-state index is 0.0347. The predicted octanol–water partition coefficient (Wildman–Crippen LogP) is 4.06. The van der Waals surface area contributed by atoms with Crippen LogP contribution in [0.1, 0.15) is 26.3 Å². The van der Waals surface area contributed by atoms with Gasteiger partial charge in [-0.1, -0.05) is 39.0 Å². The minimum atomic E-state index is -1.74. The monoisotopic (exact) mass is 306 g/mol. The van der Waals surface area contributed by atoms with Crippen molar-refractivity contribution in [2.45, 2.75) is 45.4 Å². The van der Waals surface area contributed by atoms with Crippen LogP contribution in [0.25, 0.3) is 0 Å². The van der Waals surface area contributed by atoms with E-state index in [1.807, 2.05) is 23.1 Å². The van der Waals surface area contributed by atoms with Gasteiger partial charge in [0.2, 0.25) is 0 Å². The van der Waals surface area contributed by atoms with Gasteiger partial charge in [0.1, 0.15) is 0 Å². The third-order valence-electron chi connectivity index (χ3n) is 4.54. The zero-order valence-corrected chi connectivity index (χ0v) is 14.7. The van der Waals surface area contributed by atoms with E-state index in [0.29, 0.717) is 19.7 Å². The molecule has 1 aromatic rings. The Balaban J connectivity index is 1.92. The Kier molecular flexibility index (Phi) is 4.44. The van der Waals surface area contributed by atoms with Crippen LogP contribution in [0.5, 0.6) is 0 Å². The molecule has 0 aliphatic carbocycles. The fourth-order valence-electron chi connectivity index (χ4n) is 2.06. The van der Waals surface area contributed by atoms with Crippen LogP contribution in [0, 0.1) is 0 Å². The summed E-state index contributed by atoms with van der Waals surface area (Å²) in [4.78, 5) is 13.9. The molecule has 1 aromatic carbocycles. The molecule has 0 bridgehead atoms. The number of urea groups is 1. The van der Waals surface area contributed by atoms with Crippen molar-refractivity contribution < 1.29 is 9.22 Å². The summed E-state index contributed by atoms with van der Waals surface area (Å²) in [6, 6.07) is 7.90. The lowest BCUT2D eigenvalue weighted by atomic mass is 10.1. The lowest BCUT2D eigenvalue weighted by Crippen LogP contribution is -2.45. The fourth-order valence-corrected chi connectivity index (χ4v) is 3.09. The second kappa shape index (κ2) is 5.81. The molecule has 0 unspecified atom stereocenters. The maximum absolute atomic E-state index is 12.1. The van der Waals surface area contributed by atoms with Crippen molar-refractivity contribution in [2.75, 3.05) is 18.5 Å². The molecule has 5 heteroatoms. The number of anilines is 1. The fraction of sp³-hybridized carbons (Fsp3) is 0.562. The van der Waals surface area contributed by atoms with Gasteiger partial charge < -0.3 is 14.6 Å². The van der Waals surface area contributed by atoms with Crippen LogP contribution in [-0.4, -0.2) is 32.4 Å². The normalized spacial score (nSPS) is 15.7. The van der Waals surface area contributed by atoms with Gasteiger partial charge in [0, 0.05) is 18.8 Å². The molecule has 0 saturated carbocycles. The zero-order valence-electron chi connectivity index (χ0n) is 13.7. The highest BCUT2D eigenvalue weighted by atomic mass is 28.4. The van der Waals surface area contributed by atoms with Gasteiger partial charge in [-0.15, -0.1) is 0 Å². The lowest BCUT2D eigenvalue weighted by molar-refractivity contribution is 0.184. The van der Waals surface area contributed by atoms with E-state index in [9.17, 15) is 4.79 Å². The van der Waals surface area contributed by atoms with E-state index >= 15 is 0 Å². The van der Waals surface area contributed by atoms with Gasteiger partial charge in [0.05, 0.1) is 6.61 Å². The van der Waals surface area contributed by atoms with Crippen molar-refractivity contribution in [3.05, 3.63) is 29.8 Å². The topological polar surface area (TPSA) is 41.6 Å². The van der Waals surface area contributed by atoms with Crippen LogP contribution < -0.4 is 5.32 Å². The molecule has 2 amide bonds. The Morgan fingerprint density at radius 3 is 2.62 bits per heavy atom. The van der Waals surface area contributed by atoms with Crippen molar-refractivity contribution in [3.8, 4) is 0 Å². The molecule has 1 aliphatic rings. The summed E-state index contributed by atoms with van der Waals surface area (Å²) in [5, 5.41) is 3.13. The van der Waals surface area contributed by atoms with Gasteiger partial charge in [-0.05, 0) is 29.8 Å². The molecule has 1 heterocycles. The van der Waals surface area contributed by atoms with Crippen LogP contribution >= 0.6 is 0 Å². The molecule has 0 fully saturated rings. The number of para-hydroxylation sites is 1. The first-order valence-corrected chi connectivity index (χ1v) is 10.4. The third kappa shape index (κ3) is 3.65. The molecule has 116 valence electrons. The summed E-state index contributed by atoms with van der Waals surface area (Å²) in [5.41, 5.74) is 2.08. The van der Waals surface area contributed by atoms with Gasteiger partial charge in [-0.2, -0.15) is 0 Å². The van der Waals surface area contributed by atoms with Crippen molar-refractivity contribution in [1.82, 2.24) is 4.90 Å². The number of fused-ring (bicyclic) bond motifs is 1.